The van der Waals surface area contributed by atoms with Crippen LogP contribution in [0.15, 0.2) is 0 Å². The van der Waals surface area contributed by atoms with Crippen molar-refractivity contribution < 1.29 is 14.7 Å². The molecular weight excluding hydrogens is 240 g/mol. The number of carbonyl (C=O) groups excluding carboxylic acids is 2. The second-order valence-electron chi connectivity index (χ2n) is 3.10. The van der Waals surface area contributed by atoms with Gasteiger partial charge in [0.05, 0.1) is 10.9 Å². The van der Waals surface area contributed by atoms with Gasteiger partial charge in [0.25, 0.3) is 0 Å². The molecule has 5 nitrogen and oxygen atoms in total. The van der Waals surface area contributed by atoms with Crippen LogP contribution >= 0.6 is 15.9 Å². The number of primary amides is 1. The van der Waals surface area contributed by atoms with E-state index in [1.807, 2.05) is 0 Å². The Morgan fingerprint density at radius 1 is 1.62 bits per heavy atom. The number of rotatable bonds is 4. The van der Waals surface area contributed by atoms with E-state index in [1.54, 1.807) is 13.8 Å². The number of aliphatic hydroxyl groups excluding tert-OH is 1. The quantitative estimate of drug-likeness (QED) is 0.568. The summed E-state index contributed by atoms with van der Waals surface area (Å²) in [4.78, 5) is 21.5. The Hall–Kier alpha value is -0.620. The van der Waals surface area contributed by atoms with E-state index in [0.29, 0.717) is 0 Å². The van der Waals surface area contributed by atoms with Gasteiger partial charge >= 0.3 is 0 Å². The van der Waals surface area contributed by atoms with Crippen LogP contribution in [0.3, 0.4) is 0 Å². The largest absolute Gasteiger partial charge is 0.381 e. The molecule has 0 heterocycles. The molecule has 76 valence electrons. The van der Waals surface area contributed by atoms with Crippen molar-refractivity contribution in [3.63, 3.8) is 0 Å². The number of hydrogen-bond donors (Lipinski definition) is 3. The van der Waals surface area contributed by atoms with Crippen molar-refractivity contribution in [2.45, 2.75) is 24.3 Å². The van der Waals surface area contributed by atoms with E-state index in [-0.39, 0.29) is 12.5 Å². The van der Waals surface area contributed by atoms with Crippen LogP contribution in [-0.4, -0.2) is 33.9 Å². The van der Waals surface area contributed by atoms with Gasteiger partial charge in [0.2, 0.25) is 11.8 Å². The average molecular weight is 253 g/mol. The van der Waals surface area contributed by atoms with Crippen molar-refractivity contribution in [3.8, 4) is 0 Å². The van der Waals surface area contributed by atoms with E-state index in [0.717, 1.165) is 0 Å². The molecule has 0 fully saturated rings. The molecule has 6 heteroatoms. The van der Waals surface area contributed by atoms with Gasteiger partial charge in [-0.05, 0) is 13.8 Å². The fourth-order valence-corrected chi connectivity index (χ4v) is 0.640. The molecule has 0 radical (unpaired) electrons. The first kappa shape index (κ1) is 12.4. The molecule has 1 atom stereocenters. The Bertz CT molecular complexity index is 212. The Kier molecular flexibility index (Phi) is 4.35. The molecule has 1 unspecified atom stereocenters. The summed E-state index contributed by atoms with van der Waals surface area (Å²) in [5.41, 5.74) is 4.78. The fourth-order valence-electron chi connectivity index (χ4n) is 0.500. The molecule has 0 bridgehead atoms. The van der Waals surface area contributed by atoms with E-state index in [1.165, 1.54) is 0 Å². The van der Waals surface area contributed by atoms with Crippen molar-refractivity contribution in [2.75, 3.05) is 6.54 Å². The van der Waals surface area contributed by atoms with Crippen LogP contribution < -0.4 is 11.1 Å². The van der Waals surface area contributed by atoms with E-state index < -0.39 is 16.3 Å². The van der Waals surface area contributed by atoms with Gasteiger partial charge in [0, 0.05) is 0 Å². The third-order valence-corrected chi connectivity index (χ3v) is 1.68. The second kappa shape index (κ2) is 4.57. The molecule has 0 aromatic heterocycles. The maximum Gasteiger partial charge on any atom is 0.248 e. The highest BCUT2D eigenvalue weighted by Crippen LogP contribution is 2.14. The number of amides is 2. The number of aliphatic hydroxyl groups is 1. The summed E-state index contributed by atoms with van der Waals surface area (Å²) in [6, 6.07) is 0. The van der Waals surface area contributed by atoms with Crippen LogP contribution in [-0.2, 0) is 9.59 Å². The lowest BCUT2D eigenvalue weighted by atomic mass is 10.2. The van der Waals surface area contributed by atoms with Gasteiger partial charge in [-0.25, -0.2) is 0 Å². The minimum Gasteiger partial charge on any atom is -0.381 e. The van der Waals surface area contributed by atoms with E-state index in [2.05, 4.69) is 21.2 Å². The summed E-state index contributed by atoms with van der Waals surface area (Å²) in [5.74, 6) is -1.17. The molecule has 0 aliphatic heterocycles. The van der Waals surface area contributed by atoms with Crippen LogP contribution in [0.4, 0.5) is 0 Å². The summed E-state index contributed by atoms with van der Waals surface area (Å²) in [5, 5.41) is 11.3. The van der Waals surface area contributed by atoms with Gasteiger partial charge < -0.3 is 16.2 Å². The maximum absolute atomic E-state index is 11.2. The molecule has 0 aliphatic rings. The Labute approximate surface area is 84.8 Å². The highest BCUT2D eigenvalue weighted by atomic mass is 79.9. The van der Waals surface area contributed by atoms with E-state index in [4.69, 9.17) is 10.8 Å². The zero-order valence-corrected chi connectivity index (χ0v) is 9.09. The molecular formula is C7H13BrN2O3. The van der Waals surface area contributed by atoms with Crippen LogP contribution in [0.25, 0.3) is 0 Å². The SMILES string of the molecule is CC(C)(Br)C(=O)NCC(O)C(N)=O. The van der Waals surface area contributed by atoms with Gasteiger partial charge in [-0.15, -0.1) is 0 Å². The monoisotopic (exact) mass is 252 g/mol. The first-order valence-electron chi connectivity index (χ1n) is 3.69. The summed E-state index contributed by atoms with van der Waals surface area (Å²) in [6.07, 6.45) is -1.33. The molecule has 0 saturated heterocycles. The molecule has 4 N–H and O–H groups in total. The maximum atomic E-state index is 11.2. The van der Waals surface area contributed by atoms with Crippen LogP contribution in [0, 0.1) is 0 Å². The molecule has 0 aromatic carbocycles. The van der Waals surface area contributed by atoms with E-state index >= 15 is 0 Å². The molecule has 0 spiro atoms. The molecule has 0 aliphatic carbocycles. The molecule has 0 saturated carbocycles. The van der Waals surface area contributed by atoms with Gasteiger partial charge in [0.1, 0.15) is 6.10 Å². The molecule has 2 amide bonds. The smallest absolute Gasteiger partial charge is 0.248 e. The number of alkyl halides is 1. The summed E-state index contributed by atoms with van der Waals surface area (Å²) < 4.78 is -0.718. The van der Waals surface area contributed by atoms with Gasteiger partial charge in [-0.2, -0.15) is 0 Å². The summed E-state index contributed by atoms with van der Waals surface area (Å²) in [7, 11) is 0. The van der Waals surface area contributed by atoms with E-state index in [9.17, 15) is 9.59 Å². The number of carbonyl (C=O) groups is 2. The standard InChI is InChI=1S/C7H13BrN2O3/c1-7(2,8)6(13)10-3-4(11)5(9)12/h4,11H,3H2,1-2H3,(H2,9,12)(H,10,13). The number of halogens is 1. The van der Waals surface area contributed by atoms with Crippen LogP contribution in [0.5, 0.6) is 0 Å². The van der Waals surface area contributed by atoms with Crippen molar-refractivity contribution in [1.82, 2.24) is 5.32 Å². The molecule has 0 aromatic rings. The zero-order valence-electron chi connectivity index (χ0n) is 7.50. The lowest BCUT2D eigenvalue weighted by Gasteiger charge is -2.16. The Morgan fingerprint density at radius 3 is 2.38 bits per heavy atom. The third-order valence-electron chi connectivity index (χ3n) is 1.32. The summed E-state index contributed by atoms with van der Waals surface area (Å²) >= 11 is 3.12. The third kappa shape index (κ3) is 4.84. The Balaban J connectivity index is 3.91. The van der Waals surface area contributed by atoms with Crippen molar-refractivity contribution in [2.24, 2.45) is 5.73 Å². The van der Waals surface area contributed by atoms with Gasteiger partial charge in [0.15, 0.2) is 0 Å². The Morgan fingerprint density at radius 2 is 2.08 bits per heavy atom. The number of hydrogen-bond acceptors (Lipinski definition) is 3. The van der Waals surface area contributed by atoms with Gasteiger partial charge in [-0.3, -0.25) is 9.59 Å². The molecule has 13 heavy (non-hydrogen) atoms. The highest BCUT2D eigenvalue weighted by Gasteiger charge is 2.24. The van der Waals surface area contributed by atoms with Crippen LogP contribution in [0.1, 0.15) is 13.8 Å². The zero-order chi connectivity index (χ0) is 10.6. The van der Waals surface area contributed by atoms with Gasteiger partial charge in [-0.1, -0.05) is 15.9 Å². The number of nitrogens with one attached hydrogen (secondary N) is 1. The average Bonchev–Trinajstić information content (AvgIpc) is 1.97. The molecule has 0 rings (SSSR count). The minimum atomic E-state index is -1.33. The first-order chi connectivity index (χ1) is 5.75. The summed E-state index contributed by atoms with van der Waals surface area (Å²) in [6.45, 7) is 3.14. The predicted octanol–water partition coefficient (Wildman–Crippen LogP) is -0.878. The van der Waals surface area contributed by atoms with Crippen molar-refractivity contribution in [1.29, 1.82) is 0 Å². The second-order valence-corrected chi connectivity index (χ2v) is 5.08. The minimum absolute atomic E-state index is 0.163. The topological polar surface area (TPSA) is 92.4 Å². The van der Waals surface area contributed by atoms with Crippen LogP contribution in [0.2, 0.25) is 0 Å². The lowest BCUT2D eigenvalue weighted by molar-refractivity contribution is -0.127. The van der Waals surface area contributed by atoms with Crippen molar-refractivity contribution >= 4 is 27.7 Å². The normalized spacial score (nSPS) is 13.5. The van der Waals surface area contributed by atoms with Crippen molar-refractivity contribution in [3.05, 3.63) is 0 Å². The lowest BCUT2D eigenvalue weighted by Crippen LogP contribution is -2.44. The highest BCUT2D eigenvalue weighted by molar-refractivity contribution is 9.10. The fraction of sp³-hybridized carbons (Fsp3) is 0.714. The first-order valence-corrected chi connectivity index (χ1v) is 4.49. The predicted molar refractivity (Wildman–Crippen MR) is 51.2 cm³/mol. The number of nitrogens with two attached hydrogens (primary N) is 1.